The highest BCUT2D eigenvalue weighted by molar-refractivity contribution is 5.98. The molecule has 8 heteroatoms. The van der Waals surface area contributed by atoms with Gasteiger partial charge < -0.3 is 20.9 Å². The van der Waals surface area contributed by atoms with Crippen LogP contribution in [-0.4, -0.2) is 60.7 Å². The third-order valence-corrected chi connectivity index (χ3v) is 5.09. The number of carbonyl (C=O) groups is 4. The van der Waals surface area contributed by atoms with Crippen molar-refractivity contribution in [2.75, 3.05) is 20.1 Å². The summed E-state index contributed by atoms with van der Waals surface area (Å²) in [7, 11) is 1.54. The minimum absolute atomic E-state index is 0.162. The molecule has 1 aliphatic rings. The largest absolute Gasteiger partial charge is 0.357 e. The second-order valence-corrected chi connectivity index (χ2v) is 7.64. The zero-order valence-electron chi connectivity index (χ0n) is 17.5. The fourth-order valence-electron chi connectivity index (χ4n) is 3.34. The fraction of sp³-hybridized carbons (Fsp3) is 0.524. The lowest BCUT2D eigenvalue weighted by Gasteiger charge is -2.25. The molecular weight excluding hydrogens is 372 g/mol. The molecule has 2 rings (SSSR count). The minimum atomic E-state index is -0.773. The van der Waals surface area contributed by atoms with E-state index in [4.69, 9.17) is 0 Å². The molecule has 2 unspecified atom stereocenters. The van der Waals surface area contributed by atoms with Crippen molar-refractivity contribution in [3.8, 4) is 0 Å². The first-order valence-corrected chi connectivity index (χ1v) is 9.91. The van der Waals surface area contributed by atoms with Crippen LogP contribution in [0.2, 0.25) is 0 Å². The summed E-state index contributed by atoms with van der Waals surface area (Å²) in [6, 6.07) is 5.80. The van der Waals surface area contributed by atoms with E-state index in [9.17, 15) is 19.2 Å². The number of benzene rings is 1. The van der Waals surface area contributed by atoms with Crippen molar-refractivity contribution in [2.24, 2.45) is 5.92 Å². The van der Waals surface area contributed by atoms with Crippen LogP contribution in [0, 0.1) is 12.8 Å². The molecule has 0 bridgehead atoms. The number of carbonyl (C=O) groups excluding carboxylic acids is 4. The number of amides is 4. The number of rotatable bonds is 7. The Kier molecular flexibility index (Phi) is 7.75. The van der Waals surface area contributed by atoms with E-state index in [1.54, 1.807) is 12.1 Å². The molecule has 0 aromatic heterocycles. The van der Waals surface area contributed by atoms with E-state index in [0.29, 0.717) is 18.5 Å². The highest BCUT2D eigenvalue weighted by Gasteiger charge is 2.34. The summed E-state index contributed by atoms with van der Waals surface area (Å²) in [6.45, 7) is 5.85. The molecule has 29 heavy (non-hydrogen) atoms. The second-order valence-electron chi connectivity index (χ2n) is 7.64. The molecule has 0 spiro atoms. The molecular formula is C21H30N4O4. The standard InChI is InChI=1S/C21H30N4O4/c1-13(2)18(24-19(27)15-9-7-14(3)8-10-15)21(29)23-12-17(26)25-11-5-6-16(25)20(28)22-4/h7-10,13,16,18H,5-6,11-12H2,1-4H3,(H,22,28)(H,23,29)(H,24,27). The van der Waals surface area contributed by atoms with E-state index in [2.05, 4.69) is 16.0 Å². The van der Waals surface area contributed by atoms with E-state index in [0.717, 1.165) is 12.0 Å². The summed E-state index contributed by atoms with van der Waals surface area (Å²) < 4.78 is 0. The maximum absolute atomic E-state index is 12.6. The van der Waals surface area contributed by atoms with E-state index in [-0.39, 0.29) is 30.2 Å². The molecule has 1 aromatic carbocycles. The van der Waals surface area contributed by atoms with Gasteiger partial charge in [-0.3, -0.25) is 19.2 Å². The molecule has 0 radical (unpaired) electrons. The summed E-state index contributed by atoms with van der Waals surface area (Å²) in [5, 5.41) is 7.91. The van der Waals surface area contributed by atoms with Crippen LogP contribution in [0.3, 0.4) is 0 Å². The fourth-order valence-corrected chi connectivity index (χ4v) is 3.34. The molecule has 8 nitrogen and oxygen atoms in total. The summed E-state index contributed by atoms with van der Waals surface area (Å²) >= 11 is 0. The normalized spacial score (nSPS) is 17.0. The van der Waals surface area contributed by atoms with Gasteiger partial charge >= 0.3 is 0 Å². The van der Waals surface area contributed by atoms with Gasteiger partial charge in [0.1, 0.15) is 12.1 Å². The number of hydrogen-bond donors (Lipinski definition) is 3. The summed E-state index contributed by atoms with van der Waals surface area (Å²) in [4.78, 5) is 51.0. The Morgan fingerprint density at radius 3 is 2.38 bits per heavy atom. The second kappa shape index (κ2) is 10.0. The molecule has 3 N–H and O–H groups in total. The third-order valence-electron chi connectivity index (χ3n) is 5.09. The van der Waals surface area contributed by atoms with E-state index in [1.165, 1.54) is 11.9 Å². The quantitative estimate of drug-likeness (QED) is 0.621. The van der Waals surface area contributed by atoms with Crippen molar-refractivity contribution < 1.29 is 19.2 Å². The Morgan fingerprint density at radius 1 is 1.14 bits per heavy atom. The topological polar surface area (TPSA) is 108 Å². The summed E-state index contributed by atoms with van der Waals surface area (Å²) in [5.41, 5.74) is 1.51. The number of hydrogen-bond acceptors (Lipinski definition) is 4. The Labute approximate surface area is 171 Å². The van der Waals surface area contributed by atoms with Crippen molar-refractivity contribution in [3.63, 3.8) is 0 Å². The molecule has 1 heterocycles. The van der Waals surface area contributed by atoms with Crippen LogP contribution in [0.4, 0.5) is 0 Å². The van der Waals surface area contributed by atoms with Gasteiger partial charge in [0.25, 0.3) is 5.91 Å². The average molecular weight is 402 g/mol. The van der Waals surface area contributed by atoms with Crippen LogP contribution >= 0.6 is 0 Å². The van der Waals surface area contributed by atoms with Gasteiger partial charge in [0, 0.05) is 19.2 Å². The lowest BCUT2D eigenvalue weighted by atomic mass is 10.0. The first kappa shape index (κ1) is 22.4. The molecule has 1 saturated heterocycles. The van der Waals surface area contributed by atoms with Crippen LogP contribution < -0.4 is 16.0 Å². The molecule has 0 saturated carbocycles. The number of nitrogens with one attached hydrogen (secondary N) is 3. The number of aryl methyl sites for hydroxylation is 1. The van der Waals surface area contributed by atoms with Crippen LogP contribution in [0.25, 0.3) is 0 Å². The van der Waals surface area contributed by atoms with E-state index in [1.807, 2.05) is 32.9 Å². The van der Waals surface area contributed by atoms with Crippen molar-refractivity contribution in [2.45, 2.75) is 45.7 Å². The van der Waals surface area contributed by atoms with Crippen LogP contribution in [0.15, 0.2) is 24.3 Å². The Morgan fingerprint density at radius 2 is 1.79 bits per heavy atom. The molecule has 4 amide bonds. The maximum Gasteiger partial charge on any atom is 0.251 e. The van der Waals surface area contributed by atoms with Crippen LogP contribution in [-0.2, 0) is 14.4 Å². The Hall–Kier alpha value is -2.90. The molecule has 1 fully saturated rings. The van der Waals surface area contributed by atoms with Crippen LogP contribution in [0.1, 0.15) is 42.6 Å². The first-order chi connectivity index (χ1) is 13.7. The maximum atomic E-state index is 12.6. The molecule has 1 aromatic rings. The van der Waals surface area contributed by atoms with Gasteiger partial charge in [-0.05, 0) is 37.8 Å². The van der Waals surface area contributed by atoms with Gasteiger partial charge in [-0.2, -0.15) is 0 Å². The zero-order chi connectivity index (χ0) is 21.6. The summed E-state index contributed by atoms with van der Waals surface area (Å²) in [6.07, 6.45) is 1.36. The van der Waals surface area contributed by atoms with Crippen LogP contribution in [0.5, 0.6) is 0 Å². The minimum Gasteiger partial charge on any atom is -0.357 e. The van der Waals surface area contributed by atoms with Crippen molar-refractivity contribution in [1.82, 2.24) is 20.9 Å². The molecule has 158 valence electrons. The van der Waals surface area contributed by atoms with Gasteiger partial charge in [-0.15, -0.1) is 0 Å². The van der Waals surface area contributed by atoms with Gasteiger partial charge in [-0.1, -0.05) is 31.5 Å². The number of nitrogens with zero attached hydrogens (tertiary/aromatic N) is 1. The Bertz CT molecular complexity index is 760. The van der Waals surface area contributed by atoms with Gasteiger partial charge in [0.05, 0.1) is 6.54 Å². The SMILES string of the molecule is CNC(=O)C1CCCN1C(=O)CNC(=O)C(NC(=O)c1ccc(C)cc1)C(C)C. The smallest absolute Gasteiger partial charge is 0.251 e. The lowest BCUT2D eigenvalue weighted by molar-refractivity contribution is -0.138. The highest BCUT2D eigenvalue weighted by Crippen LogP contribution is 2.17. The first-order valence-electron chi connectivity index (χ1n) is 9.91. The zero-order valence-corrected chi connectivity index (χ0v) is 17.5. The van der Waals surface area contributed by atoms with Crippen molar-refractivity contribution in [3.05, 3.63) is 35.4 Å². The summed E-state index contributed by atoms with van der Waals surface area (Å²) in [5.74, 6) is -1.44. The number of likely N-dealkylation sites (tertiary alicyclic amines) is 1. The number of likely N-dealkylation sites (N-methyl/N-ethyl adjacent to an activating group) is 1. The average Bonchev–Trinajstić information content (AvgIpc) is 3.19. The van der Waals surface area contributed by atoms with E-state index < -0.39 is 18.0 Å². The predicted molar refractivity (Wildman–Crippen MR) is 109 cm³/mol. The lowest BCUT2D eigenvalue weighted by Crippen LogP contribution is -2.53. The third kappa shape index (κ3) is 5.79. The molecule has 1 aliphatic heterocycles. The molecule has 2 atom stereocenters. The van der Waals surface area contributed by atoms with Crippen molar-refractivity contribution in [1.29, 1.82) is 0 Å². The van der Waals surface area contributed by atoms with Crippen molar-refractivity contribution >= 4 is 23.6 Å². The van der Waals surface area contributed by atoms with Gasteiger partial charge in [0.15, 0.2) is 0 Å². The monoisotopic (exact) mass is 402 g/mol. The highest BCUT2D eigenvalue weighted by atomic mass is 16.2. The molecule has 0 aliphatic carbocycles. The Balaban J connectivity index is 1.95. The predicted octanol–water partition coefficient (Wildman–Crippen LogP) is 0.603. The van der Waals surface area contributed by atoms with Gasteiger partial charge in [0.2, 0.25) is 17.7 Å². The van der Waals surface area contributed by atoms with E-state index >= 15 is 0 Å². The van der Waals surface area contributed by atoms with Gasteiger partial charge in [-0.25, -0.2) is 0 Å².